The van der Waals surface area contributed by atoms with Crippen molar-refractivity contribution in [1.29, 1.82) is 0 Å². The van der Waals surface area contributed by atoms with E-state index in [1.165, 1.54) is 4.90 Å². The van der Waals surface area contributed by atoms with Gasteiger partial charge in [0.15, 0.2) is 6.10 Å². The van der Waals surface area contributed by atoms with Gasteiger partial charge in [-0.3, -0.25) is 4.79 Å². The Kier molecular flexibility index (Phi) is 4.07. The van der Waals surface area contributed by atoms with Gasteiger partial charge in [0.1, 0.15) is 5.69 Å². The summed E-state index contributed by atoms with van der Waals surface area (Å²) in [7, 11) is 0. The molecule has 1 aromatic carbocycles. The number of amides is 1. The zero-order chi connectivity index (χ0) is 17.6. The van der Waals surface area contributed by atoms with E-state index in [0.29, 0.717) is 5.69 Å². The van der Waals surface area contributed by atoms with E-state index < -0.39 is 24.7 Å². The minimum absolute atomic E-state index is 0.118. The molecule has 2 aromatic rings. The Labute approximate surface area is 137 Å². The van der Waals surface area contributed by atoms with Crippen LogP contribution in [0.2, 0.25) is 0 Å². The summed E-state index contributed by atoms with van der Waals surface area (Å²) in [5, 5.41) is 0.927. The number of aryl methyl sites for hydroxylation is 3. The van der Waals surface area contributed by atoms with Gasteiger partial charge in [-0.2, -0.15) is 13.2 Å². The van der Waals surface area contributed by atoms with Gasteiger partial charge in [-0.05, 0) is 38.0 Å². The minimum Gasteiger partial charge on any atom is -0.365 e. The molecule has 1 amide bonds. The lowest BCUT2D eigenvalue weighted by Crippen LogP contribution is -2.51. The predicted octanol–water partition coefficient (Wildman–Crippen LogP) is 3.50. The number of nitrogens with one attached hydrogen (secondary N) is 1. The first-order valence-electron chi connectivity index (χ1n) is 7.75. The molecule has 1 fully saturated rings. The fourth-order valence-electron chi connectivity index (χ4n) is 3.19. The van der Waals surface area contributed by atoms with Crippen LogP contribution < -0.4 is 0 Å². The van der Waals surface area contributed by atoms with Crippen LogP contribution >= 0.6 is 0 Å². The molecule has 0 radical (unpaired) electrons. The average Bonchev–Trinajstić information content (AvgIpc) is 2.83. The van der Waals surface area contributed by atoms with Crippen molar-refractivity contribution >= 4 is 16.8 Å². The van der Waals surface area contributed by atoms with Crippen LogP contribution in [-0.2, 0) is 4.74 Å². The first kappa shape index (κ1) is 16.8. The molecule has 3 rings (SSSR count). The van der Waals surface area contributed by atoms with Crippen molar-refractivity contribution in [3.05, 3.63) is 34.5 Å². The zero-order valence-corrected chi connectivity index (χ0v) is 13.8. The van der Waals surface area contributed by atoms with Crippen LogP contribution in [0.1, 0.15) is 27.2 Å². The van der Waals surface area contributed by atoms with E-state index in [4.69, 9.17) is 4.74 Å². The number of carbonyl (C=O) groups is 1. The number of H-pyrrole nitrogens is 1. The van der Waals surface area contributed by atoms with Crippen LogP contribution in [0.3, 0.4) is 0 Å². The Bertz CT molecular complexity index is 795. The molecule has 2 heterocycles. The smallest absolute Gasteiger partial charge is 0.365 e. The Morgan fingerprint density at radius 2 is 2.00 bits per heavy atom. The standard InChI is InChI=1S/C17H19F3N2O2/c1-9-6-10(2)14-12(7-9)11(3)15(21-14)16(23)22-4-5-24-13(8-22)17(18,19)20/h6-7,13,21H,4-5,8H2,1-3H3/t13-/m1/s1. The second kappa shape index (κ2) is 5.81. The summed E-state index contributed by atoms with van der Waals surface area (Å²) in [6.45, 7) is 5.28. The highest BCUT2D eigenvalue weighted by atomic mass is 19.4. The second-order valence-corrected chi connectivity index (χ2v) is 6.28. The number of morpholine rings is 1. The number of alkyl halides is 3. The molecule has 1 N–H and O–H groups in total. The van der Waals surface area contributed by atoms with E-state index in [2.05, 4.69) is 4.98 Å². The number of hydrogen-bond acceptors (Lipinski definition) is 2. The van der Waals surface area contributed by atoms with Crippen LogP contribution in [0.15, 0.2) is 12.1 Å². The number of aromatic nitrogens is 1. The quantitative estimate of drug-likeness (QED) is 0.864. The van der Waals surface area contributed by atoms with Gasteiger partial charge in [-0.25, -0.2) is 0 Å². The number of fused-ring (bicyclic) bond motifs is 1. The number of aromatic amines is 1. The summed E-state index contributed by atoms with van der Waals surface area (Å²) in [5.41, 5.74) is 4.03. The third-order valence-corrected chi connectivity index (χ3v) is 4.44. The lowest BCUT2D eigenvalue weighted by molar-refractivity contribution is -0.233. The van der Waals surface area contributed by atoms with Gasteiger partial charge in [0.25, 0.3) is 5.91 Å². The molecule has 0 spiro atoms. The highest BCUT2D eigenvalue weighted by molar-refractivity contribution is 6.01. The first-order chi connectivity index (χ1) is 11.2. The van der Waals surface area contributed by atoms with E-state index >= 15 is 0 Å². The first-order valence-corrected chi connectivity index (χ1v) is 7.75. The summed E-state index contributed by atoms with van der Waals surface area (Å²) < 4.78 is 43.3. The van der Waals surface area contributed by atoms with Gasteiger partial charge in [-0.1, -0.05) is 11.6 Å². The third kappa shape index (κ3) is 2.88. The fraction of sp³-hybridized carbons (Fsp3) is 0.471. The van der Waals surface area contributed by atoms with Crippen molar-refractivity contribution in [3.63, 3.8) is 0 Å². The van der Waals surface area contributed by atoms with Gasteiger partial charge < -0.3 is 14.6 Å². The van der Waals surface area contributed by atoms with Crippen molar-refractivity contribution in [2.75, 3.05) is 19.7 Å². The summed E-state index contributed by atoms with van der Waals surface area (Å²) in [4.78, 5) is 17.0. The lowest BCUT2D eigenvalue weighted by Gasteiger charge is -2.33. The average molecular weight is 340 g/mol. The Morgan fingerprint density at radius 1 is 1.29 bits per heavy atom. The number of nitrogens with zero attached hydrogens (tertiary/aromatic N) is 1. The molecule has 1 aliphatic heterocycles. The molecular weight excluding hydrogens is 321 g/mol. The van der Waals surface area contributed by atoms with Crippen LogP contribution in [0, 0.1) is 20.8 Å². The zero-order valence-electron chi connectivity index (χ0n) is 13.8. The van der Waals surface area contributed by atoms with Gasteiger partial charge in [0.2, 0.25) is 0 Å². The van der Waals surface area contributed by atoms with Crippen molar-refractivity contribution in [2.24, 2.45) is 0 Å². The molecule has 0 unspecified atom stereocenters. The normalized spacial score (nSPS) is 19.1. The maximum absolute atomic E-state index is 12.9. The summed E-state index contributed by atoms with van der Waals surface area (Å²) in [6, 6.07) is 3.98. The van der Waals surface area contributed by atoms with Crippen molar-refractivity contribution in [2.45, 2.75) is 33.1 Å². The van der Waals surface area contributed by atoms with E-state index in [1.54, 1.807) is 0 Å². The van der Waals surface area contributed by atoms with Crippen molar-refractivity contribution in [3.8, 4) is 0 Å². The van der Waals surface area contributed by atoms with Crippen LogP contribution in [0.4, 0.5) is 13.2 Å². The molecule has 24 heavy (non-hydrogen) atoms. The number of ether oxygens (including phenoxy) is 1. The predicted molar refractivity (Wildman–Crippen MR) is 84.2 cm³/mol. The van der Waals surface area contributed by atoms with Crippen LogP contribution in [0.5, 0.6) is 0 Å². The van der Waals surface area contributed by atoms with E-state index in [9.17, 15) is 18.0 Å². The van der Waals surface area contributed by atoms with Gasteiger partial charge in [-0.15, -0.1) is 0 Å². The molecule has 1 atom stereocenters. The topological polar surface area (TPSA) is 45.3 Å². The number of hydrogen-bond donors (Lipinski definition) is 1. The Hall–Kier alpha value is -2.02. The monoisotopic (exact) mass is 340 g/mol. The lowest BCUT2D eigenvalue weighted by atomic mass is 10.1. The number of rotatable bonds is 1. The highest BCUT2D eigenvalue weighted by Crippen LogP contribution is 2.29. The third-order valence-electron chi connectivity index (χ3n) is 4.44. The molecule has 4 nitrogen and oxygen atoms in total. The SMILES string of the molecule is Cc1cc(C)c2[nH]c(C(=O)N3CCO[C@@H](C(F)(F)F)C3)c(C)c2c1. The second-order valence-electron chi connectivity index (χ2n) is 6.28. The molecule has 0 saturated carbocycles. The maximum Gasteiger partial charge on any atom is 0.416 e. The fourth-order valence-corrected chi connectivity index (χ4v) is 3.19. The van der Waals surface area contributed by atoms with Crippen LogP contribution in [-0.4, -0.2) is 47.8 Å². The van der Waals surface area contributed by atoms with Gasteiger partial charge in [0.05, 0.1) is 13.2 Å². The number of halogens is 3. The molecule has 0 aliphatic carbocycles. The largest absolute Gasteiger partial charge is 0.416 e. The van der Waals surface area contributed by atoms with Gasteiger partial charge in [0, 0.05) is 17.4 Å². The number of carbonyl (C=O) groups excluding carboxylic acids is 1. The Morgan fingerprint density at radius 3 is 2.67 bits per heavy atom. The molecular formula is C17H19F3N2O2. The maximum atomic E-state index is 12.9. The molecule has 7 heteroatoms. The highest BCUT2D eigenvalue weighted by Gasteiger charge is 2.44. The van der Waals surface area contributed by atoms with Crippen molar-refractivity contribution in [1.82, 2.24) is 9.88 Å². The molecule has 1 saturated heterocycles. The van der Waals surface area contributed by atoms with E-state index in [-0.39, 0.29) is 13.2 Å². The molecule has 1 aromatic heterocycles. The minimum atomic E-state index is -4.47. The van der Waals surface area contributed by atoms with E-state index in [1.807, 2.05) is 32.9 Å². The summed E-state index contributed by atoms with van der Waals surface area (Å²) in [6.07, 6.45) is -6.40. The molecule has 0 bridgehead atoms. The van der Waals surface area contributed by atoms with Gasteiger partial charge >= 0.3 is 6.18 Å². The molecule has 1 aliphatic rings. The summed E-state index contributed by atoms with van der Waals surface area (Å²) in [5.74, 6) is -0.418. The molecule has 130 valence electrons. The number of benzene rings is 1. The van der Waals surface area contributed by atoms with Crippen LogP contribution in [0.25, 0.3) is 10.9 Å². The Balaban J connectivity index is 1.94. The van der Waals surface area contributed by atoms with Crippen molar-refractivity contribution < 1.29 is 22.7 Å². The van der Waals surface area contributed by atoms with E-state index in [0.717, 1.165) is 27.6 Å². The summed E-state index contributed by atoms with van der Waals surface area (Å²) >= 11 is 0.